The molecule has 5 heterocycles. The molecule has 198 valence electrons. The van der Waals surface area contributed by atoms with Gasteiger partial charge >= 0.3 is 0 Å². The summed E-state index contributed by atoms with van der Waals surface area (Å²) in [6, 6.07) is 10.8. The van der Waals surface area contributed by atoms with Crippen LogP contribution >= 0.6 is 0 Å². The minimum Gasteiger partial charge on any atom is -0.353 e. The summed E-state index contributed by atoms with van der Waals surface area (Å²) < 4.78 is 0. The number of fused-ring (bicyclic) bond motifs is 2. The molecule has 38 heavy (non-hydrogen) atoms. The van der Waals surface area contributed by atoms with E-state index in [1.165, 1.54) is 5.56 Å². The smallest absolute Gasteiger partial charge is 0.273 e. The number of anilines is 2. The second kappa shape index (κ2) is 9.85. The van der Waals surface area contributed by atoms with Crippen LogP contribution in [0.3, 0.4) is 0 Å². The summed E-state index contributed by atoms with van der Waals surface area (Å²) in [6.07, 6.45) is 5.03. The fourth-order valence-electron chi connectivity index (χ4n) is 6.01. The number of amides is 2. The lowest BCUT2D eigenvalue weighted by atomic mass is 10.0. The van der Waals surface area contributed by atoms with Crippen molar-refractivity contribution in [3.8, 4) is 0 Å². The van der Waals surface area contributed by atoms with Crippen LogP contribution < -0.4 is 9.80 Å². The number of carbonyl (C=O) groups is 2. The number of hydrogen-bond donors (Lipinski definition) is 0. The maximum absolute atomic E-state index is 13.4. The van der Waals surface area contributed by atoms with Gasteiger partial charge in [-0.3, -0.25) is 14.6 Å². The molecule has 0 radical (unpaired) electrons. The lowest BCUT2D eigenvalue weighted by Gasteiger charge is -2.35. The lowest BCUT2D eigenvalue weighted by Crippen LogP contribution is -2.48. The van der Waals surface area contributed by atoms with Crippen molar-refractivity contribution in [2.45, 2.75) is 58.7 Å². The van der Waals surface area contributed by atoms with Crippen LogP contribution in [-0.2, 0) is 17.8 Å². The highest BCUT2D eigenvalue weighted by molar-refractivity contribution is 5.98. The predicted molar refractivity (Wildman–Crippen MR) is 147 cm³/mol. The Morgan fingerprint density at radius 1 is 1.08 bits per heavy atom. The molecule has 3 aliphatic heterocycles. The van der Waals surface area contributed by atoms with Gasteiger partial charge in [-0.25, -0.2) is 4.98 Å². The first-order valence-corrected chi connectivity index (χ1v) is 13.7. The van der Waals surface area contributed by atoms with Gasteiger partial charge in [0, 0.05) is 68.9 Å². The first-order chi connectivity index (χ1) is 18.4. The van der Waals surface area contributed by atoms with Crippen LogP contribution in [0, 0.1) is 0 Å². The van der Waals surface area contributed by atoms with Gasteiger partial charge in [-0.1, -0.05) is 18.2 Å². The van der Waals surface area contributed by atoms with Crippen molar-refractivity contribution in [2.75, 3.05) is 42.5 Å². The summed E-state index contributed by atoms with van der Waals surface area (Å²) in [4.78, 5) is 48.2. The summed E-state index contributed by atoms with van der Waals surface area (Å²) in [5.74, 6) is 1.56. The number of para-hydroxylation sites is 1. The summed E-state index contributed by atoms with van der Waals surface area (Å²) in [7, 11) is 0. The molecule has 0 N–H and O–H groups in total. The highest BCUT2D eigenvalue weighted by atomic mass is 16.2. The van der Waals surface area contributed by atoms with Crippen molar-refractivity contribution in [3.05, 3.63) is 53.3 Å². The van der Waals surface area contributed by atoms with E-state index in [1.807, 2.05) is 42.0 Å². The minimum atomic E-state index is -0.0169. The van der Waals surface area contributed by atoms with Crippen molar-refractivity contribution in [1.82, 2.24) is 24.8 Å². The van der Waals surface area contributed by atoms with E-state index in [2.05, 4.69) is 33.0 Å². The fourth-order valence-corrected chi connectivity index (χ4v) is 6.01. The second-order valence-electron chi connectivity index (χ2n) is 10.9. The number of nitrogens with zero attached hydrogens (tertiary/aromatic N) is 7. The molecule has 3 aliphatic rings. The zero-order chi connectivity index (χ0) is 26.4. The van der Waals surface area contributed by atoms with Gasteiger partial charge in [0.25, 0.3) is 5.91 Å². The number of pyridine rings is 1. The Bertz CT molecular complexity index is 1380. The molecule has 1 unspecified atom stereocenters. The van der Waals surface area contributed by atoms with Crippen LogP contribution in [-0.4, -0.2) is 81.4 Å². The monoisotopic (exact) mass is 513 g/mol. The molecule has 2 amide bonds. The van der Waals surface area contributed by atoms with Gasteiger partial charge in [-0.2, -0.15) is 4.98 Å². The van der Waals surface area contributed by atoms with Crippen LogP contribution in [0.1, 0.15) is 55.2 Å². The molecular weight excluding hydrogens is 478 g/mol. The second-order valence-corrected chi connectivity index (χ2v) is 10.9. The topological polar surface area (TPSA) is 85.8 Å². The van der Waals surface area contributed by atoms with Crippen LogP contribution in [0.25, 0.3) is 10.9 Å². The third kappa shape index (κ3) is 4.44. The SMILES string of the molecule is CC(=O)N1CCN(c2nc3c(c(N4CCCC4Cc4cnc5ccccc5c4)n2)CN(C(C)C)C3=O)CC1. The molecule has 0 spiro atoms. The molecule has 0 bridgehead atoms. The molecule has 2 saturated heterocycles. The minimum absolute atomic E-state index is 0.0169. The largest absolute Gasteiger partial charge is 0.353 e. The van der Waals surface area contributed by atoms with Crippen LogP contribution in [0.4, 0.5) is 11.8 Å². The number of carbonyl (C=O) groups excluding carboxylic acids is 2. The summed E-state index contributed by atoms with van der Waals surface area (Å²) >= 11 is 0. The maximum atomic E-state index is 13.4. The first kappa shape index (κ1) is 24.6. The molecule has 2 aromatic heterocycles. The van der Waals surface area contributed by atoms with Gasteiger partial charge in [0.2, 0.25) is 11.9 Å². The Labute approximate surface area is 223 Å². The number of piperazine rings is 1. The van der Waals surface area contributed by atoms with E-state index in [-0.39, 0.29) is 23.9 Å². The number of aromatic nitrogens is 3. The van der Waals surface area contributed by atoms with E-state index in [0.29, 0.717) is 44.4 Å². The molecular formula is C29H35N7O2. The van der Waals surface area contributed by atoms with Crippen LogP contribution in [0.5, 0.6) is 0 Å². The first-order valence-electron chi connectivity index (χ1n) is 13.7. The van der Waals surface area contributed by atoms with E-state index in [4.69, 9.17) is 9.97 Å². The fraction of sp³-hybridized carbons (Fsp3) is 0.483. The van der Waals surface area contributed by atoms with Gasteiger partial charge in [0.15, 0.2) is 0 Å². The van der Waals surface area contributed by atoms with Crippen molar-refractivity contribution in [3.63, 3.8) is 0 Å². The third-order valence-corrected chi connectivity index (χ3v) is 8.16. The summed E-state index contributed by atoms with van der Waals surface area (Å²) in [5.41, 5.74) is 3.70. The van der Waals surface area contributed by atoms with Crippen molar-refractivity contribution < 1.29 is 9.59 Å². The zero-order valence-electron chi connectivity index (χ0n) is 22.4. The molecule has 2 fully saturated rings. The highest BCUT2D eigenvalue weighted by Gasteiger charge is 2.38. The van der Waals surface area contributed by atoms with Gasteiger partial charge in [0.05, 0.1) is 12.1 Å². The molecule has 9 nitrogen and oxygen atoms in total. The summed E-state index contributed by atoms with van der Waals surface area (Å²) in [6.45, 7) is 9.74. The van der Waals surface area contributed by atoms with E-state index in [1.54, 1.807) is 6.92 Å². The average Bonchev–Trinajstić information content (AvgIpc) is 3.52. The van der Waals surface area contributed by atoms with Crippen molar-refractivity contribution in [1.29, 1.82) is 0 Å². The van der Waals surface area contributed by atoms with E-state index >= 15 is 0 Å². The van der Waals surface area contributed by atoms with Crippen molar-refractivity contribution >= 4 is 34.5 Å². The third-order valence-electron chi connectivity index (χ3n) is 8.16. The molecule has 3 aromatic rings. The van der Waals surface area contributed by atoms with Gasteiger partial charge in [-0.15, -0.1) is 0 Å². The number of hydrogen-bond acceptors (Lipinski definition) is 7. The normalized spacial score (nSPS) is 19.7. The standard InChI is InChI=1S/C29H35N7O2/c1-19(2)36-18-24-26(28(36)38)31-29(34-13-11-33(12-14-34)20(3)37)32-27(24)35-10-6-8-23(35)16-21-15-22-7-4-5-9-25(22)30-17-21/h4-5,7,9,15,17,19,23H,6,8,10-14,16,18H2,1-3H3. The van der Waals surface area contributed by atoms with Crippen molar-refractivity contribution in [2.24, 2.45) is 0 Å². The number of benzene rings is 1. The molecule has 0 saturated carbocycles. The molecule has 0 aliphatic carbocycles. The molecule has 6 rings (SSSR count). The average molecular weight is 514 g/mol. The van der Waals surface area contributed by atoms with Gasteiger partial charge in [-0.05, 0) is 50.8 Å². The lowest BCUT2D eigenvalue weighted by molar-refractivity contribution is -0.129. The Kier molecular flexibility index (Phi) is 6.37. The summed E-state index contributed by atoms with van der Waals surface area (Å²) in [5, 5.41) is 1.16. The van der Waals surface area contributed by atoms with Crippen LogP contribution in [0.2, 0.25) is 0 Å². The van der Waals surface area contributed by atoms with E-state index in [9.17, 15) is 9.59 Å². The molecule has 9 heteroatoms. The predicted octanol–water partition coefficient (Wildman–Crippen LogP) is 3.27. The van der Waals surface area contributed by atoms with E-state index < -0.39 is 0 Å². The quantitative estimate of drug-likeness (QED) is 0.518. The number of rotatable bonds is 5. The maximum Gasteiger partial charge on any atom is 0.273 e. The van der Waals surface area contributed by atoms with Crippen LogP contribution in [0.15, 0.2) is 36.5 Å². The Morgan fingerprint density at radius 2 is 1.87 bits per heavy atom. The van der Waals surface area contributed by atoms with Gasteiger partial charge in [0.1, 0.15) is 11.5 Å². The highest BCUT2D eigenvalue weighted by Crippen LogP contribution is 2.36. The Hall–Kier alpha value is -3.75. The van der Waals surface area contributed by atoms with E-state index in [0.717, 1.165) is 48.1 Å². The Balaban J connectivity index is 1.33. The molecule has 1 aromatic carbocycles. The Morgan fingerprint density at radius 3 is 2.63 bits per heavy atom. The van der Waals surface area contributed by atoms with Gasteiger partial charge < -0.3 is 19.6 Å². The molecule has 1 atom stereocenters. The zero-order valence-corrected chi connectivity index (χ0v) is 22.4.